The van der Waals surface area contributed by atoms with Gasteiger partial charge in [-0.05, 0) is 55.4 Å². The van der Waals surface area contributed by atoms with E-state index in [1.807, 2.05) is 0 Å². The number of imide groups is 1. The number of hydrogen-bond acceptors (Lipinski definition) is 7. The van der Waals surface area contributed by atoms with E-state index < -0.39 is 29.6 Å². The van der Waals surface area contributed by atoms with Crippen LogP contribution in [-0.2, 0) is 14.3 Å². The number of hydrogen-bond donors (Lipinski definition) is 1. The molecule has 2 amide bonds. The number of halogens is 1. The number of furan rings is 1. The van der Waals surface area contributed by atoms with Gasteiger partial charge in [0.2, 0.25) is 0 Å². The zero-order valence-corrected chi connectivity index (χ0v) is 17.5. The lowest BCUT2D eigenvalue weighted by atomic mass is 10.1. The van der Waals surface area contributed by atoms with E-state index in [0.717, 1.165) is 4.90 Å². The van der Waals surface area contributed by atoms with E-state index in [1.165, 1.54) is 18.2 Å². The van der Waals surface area contributed by atoms with Crippen molar-refractivity contribution in [2.45, 2.75) is 13.8 Å². The van der Waals surface area contributed by atoms with Gasteiger partial charge >= 0.3 is 11.9 Å². The lowest BCUT2D eigenvalue weighted by molar-refractivity contribution is -0.145. The minimum absolute atomic E-state index is 0.0633. The maximum Gasteiger partial charge on any atom is 0.337 e. The number of esters is 1. The quantitative estimate of drug-likeness (QED) is 0.515. The molecule has 1 aliphatic rings. The molecule has 2 heterocycles. The van der Waals surface area contributed by atoms with Crippen LogP contribution in [0.5, 0.6) is 0 Å². The Labute approximate surface area is 180 Å². The number of carbonyl (C=O) groups excluding carboxylic acids is 3. The molecule has 1 aliphatic heterocycles. The van der Waals surface area contributed by atoms with Crippen molar-refractivity contribution in [3.8, 4) is 11.3 Å². The number of carboxylic acids is 1. The molecule has 2 aromatic rings. The first-order chi connectivity index (χ1) is 14.2. The number of aryl methyl sites for hydroxylation is 1. The van der Waals surface area contributed by atoms with Gasteiger partial charge in [0.25, 0.3) is 11.1 Å². The highest BCUT2D eigenvalue weighted by atomic mass is 35.5. The molecule has 1 N–H and O–H groups in total. The fourth-order valence-electron chi connectivity index (χ4n) is 2.80. The van der Waals surface area contributed by atoms with Crippen LogP contribution >= 0.6 is 23.4 Å². The summed E-state index contributed by atoms with van der Waals surface area (Å²) < 4.78 is 10.5. The summed E-state index contributed by atoms with van der Waals surface area (Å²) in [5, 5.41) is 8.77. The fraction of sp³-hybridized carbons (Fsp3) is 0.200. The van der Waals surface area contributed by atoms with Crippen molar-refractivity contribution < 1.29 is 33.4 Å². The molecule has 1 aromatic carbocycles. The van der Waals surface area contributed by atoms with Crippen molar-refractivity contribution in [3.63, 3.8) is 0 Å². The predicted molar refractivity (Wildman–Crippen MR) is 110 cm³/mol. The van der Waals surface area contributed by atoms with Gasteiger partial charge in [-0.3, -0.25) is 19.3 Å². The van der Waals surface area contributed by atoms with Crippen LogP contribution in [0.4, 0.5) is 4.79 Å². The molecule has 8 nitrogen and oxygen atoms in total. The Morgan fingerprint density at radius 3 is 2.70 bits per heavy atom. The molecule has 1 fully saturated rings. The van der Waals surface area contributed by atoms with Crippen molar-refractivity contribution in [2.75, 3.05) is 13.2 Å². The number of carboxylic acid groups (broad SMARTS) is 1. The van der Waals surface area contributed by atoms with Crippen molar-refractivity contribution >= 4 is 52.5 Å². The van der Waals surface area contributed by atoms with E-state index in [9.17, 15) is 24.3 Å². The van der Waals surface area contributed by atoms with Crippen LogP contribution in [0.1, 0.15) is 28.6 Å². The number of ether oxygens (including phenoxy) is 1. The number of rotatable bonds is 6. The van der Waals surface area contributed by atoms with Crippen molar-refractivity contribution in [2.24, 2.45) is 0 Å². The van der Waals surface area contributed by atoms with E-state index in [4.69, 9.17) is 20.8 Å². The van der Waals surface area contributed by atoms with E-state index in [0.29, 0.717) is 34.4 Å². The summed E-state index contributed by atoms with van der Waals surface area (Å²) in [6.45, 7) is 3.08. The molecule has 0 unspecified atom stereocenters. The SMILES string of the molecule is CCOC(=O)CN1C(=O)S/C(=C\c2cc(C)c(-c3ccc(Cl)c(C(=O)O)c3)o2)C1=O. The number of benzene rings is 1. The fourth-order valence-corrected chi connectivity index (χ4v) is 3.81. The van der Waals surface area contributed by atoms with Gasteiger partial charge in [0.05, 0.1) is 22.1 Å². The lowest BCUT2D eigenvalue weighted by Gasteiger charge is -2.10. The van der Waals surface area contributed by atoms with Crippen LogP contribution < -0.4 is 0 Å². The second kappa shape index (κ2) is 8.76. The Morgan fingerprint density at radius 2 is 2.03 bits per heavy atom. The smallest absolute Gasteiger partial charge is 0.337 e. The number of amides is 2. The average molecular weight is 450 g/mol. The first kappa shape index (κ1) is 21.7. The first-order valence-electron chi connectivity index (χ1n) is 8.76. The Bertz CT molecular complexity index is 1090. The predicted octanol–water partition coefficient (Wildman–Crippen LogP) is 4.21. The standard InChI is InChI=1S/C20H16ClNO7S/c1-3-28-16(23)9-22-18(24)15(30-20(22)27)8-12-6-10(2)17(29-12)11-4-5-14(21)13(7-11)19(25)26/h4-8H,3,9H2,1-2H3,(H,25,26)/b15-8-. The Hall–Kier alpha value is -3.04. The summed E-state index contributed by atoms with van der Waals surface area (Å²) in [5.41, 5.74) is 1.14. The van der Waals surface area contributed by atoms with Gasteiger partial charge in [-0.25, -0.2) is 4.79 Å². The van der Waals surface area contributed by atoms with Gasteiger partial charge in [0.1, 0.15) is 18.1 Å². The van der Waals surface area contributed by atoms with Crippen LogP contribution in [0.2, 0.25) is 5.02 Å². The molecule has 10 heteroatoms. The number of carbonyl (C=O) groups is 4. The van der Waals surface area contributed by atoms with Crippen LogP contribution in [0.15, 0.2) is 33.6 Å². The average Bonchev–Trinajstić information content (AvgIpc) is 3.16. The Morgan fingerprint density at radius 1 is 1.30 bits per heavy atom. The molecule has 1 aromatic heterocycles. The highest BCUT2D eigenvalue weighted by Gasteiger charge is 2.37. The van der Waals surface area contributed by atoms with Gasteiger partial charge in [-0.2, -0.15) is 0 Å². The largest absolute Gasteiger partial charge is 0.478 e. The highest BCUT2D eigenvalue weighted by molar-refractivity contribution is 8.18. The maximum atomic E-state index is 12.5. The third kappa shape index (κ3) is 4.42. The summed E-state index contributed by atoms with van der Waals surface area (Å²) in [6, 6.07) is 6.14. The topological polar surface area (TPSA) is 114 Å². The molecule has 0 spiro atoms. The van der Waals surface area contributed by atoms with Crippen LogP contribution in [0.3, 0.4) is 0 Å². The van der Waals surface area contributed by atoms with E-state index in [2.05, 4.69) is 0 Å². The van der Waals surface area contributed by atoms with Crippen molar-refractivity contribution in [1.29, 1.82) is 0 Å². The summed E-state index contributed by atoms with van der Waals surface area (Å²) in [6.07, 6.45) is 1.40. The third-order valence-electron chi connectivity index (χ3n) is 4.14. The molecule has 0 radical (unpaired) electrons. The van der Waals surface area contributed by atoms with Gasteiger partial charge in [-0.15, -0.1) is 0 Å². The third-order valence-corrected chi connectivity index (χ3v) is 5.37. The molecule has 1 saturated heterocycles. The summed E-state index contributed by atoms with van der Waals surface area (Å²) in [5.74, 6) is -1.74. The zero-order chi connectivity index (χ0) is 22.0. The molecule has 3 rings (SSSR count). The van der Waals surface area contributed by atoms with Crippen LogP contribution in [0.25, 0.3) is 17.4 Å². The van der Waals surface area contributed by atoms with Gasteiger partial charge in [-0.1, -0.05) is 11.6 Å². The van der Waals surface area contributed by atoms with Crippen molar-refractivity contribution in [1.82, 2.24) is 4.90 Å². The molecule has 0 atom stereocenters. The second-order valence-electron chi connectivity index (χ2n) is 6.23. The first-order valence-corrected chi connectivity index (χ1v) is 9.95. The van der Waals surface area contributed by atoms with Gasteiger partial charge < -0.3 is 14.3 Å². The van der Waals surface area contributed by atoms with E-state index in [-0.39, 0.29) is 22.1 Å². The second-order valence-corrected chi connectivity index (χ2v) is 7.63. The van der Waals surface area contributed by atoms with Crippen LogP contribution in [-0.4, -0.2) is 46.2 Å². The number of nitrogens with zero attached hydrogens (tertiary/aromatic N) is 1. The van der Waals surface area contributed by atoms with E-state index >= 15 is 0 Å². The molecule has 0 bridgehead atoms. The van der Waals surface area contributed by atoms with Crippen molar-refractivity contribution in [3.05, 3.63) is 51.1 Å². The van der Waals surface area contributed by atoms with Gasteiger partial charge in [0.15, 0.2) is 0 Å². The lowest BCUT2D eigenvalue weighted by Crippen LogP contribution is -2.34. The van der Waals surface area contributed by atoms with Gasteiger partial charge in [0, 0.05) is 11.6 Å². The molecule has 156 valence electrons. The molecule has 0 saturated carbocycles. The molecule has 30 heavy (non-hydrogen) atoms. The monoisotopic (exact) mass is 449 g/mol. The summed E-state index contributed by atoms with van der Waals surface area (Å²) >= 11 is 6.60. The summed E-state index contributed by atoms with van der Waals surface area (Å²) in [7, 11) is 0. The number of aromatic carboxylic acids is 1. The maximum absolute atomic E-state index is 12.5. The summed E-state index contributed by atoms with van der Waals surface area (Å²) in [4.78, 5) is 48.3. The number of thioether (sulfide) groups is 1. The minimum atomic E-state index is -1.17. The Balaban J connectivity index is 1.87. The molecular weight excluding hydrogens is 434 g/mol. The highest BCUT2D eigenvalue weighted by Crippen LogP contribution is 2.35. The van der Waals surface area contributed by atoms with Crippen LogP contribution in [0, 0.1) is 6.92 Å². The normalized spacial score (nSPS) is 15.2. The molecule has 0 aliphatic carbocycles. The molecular formula is C20H16ClNO7S. The zero-order valence-electron chi connectivity index (χ0n) is 15.9. The Kier molecular flexibility index (Phi) is 6.33. The minimum Gasteiger partial charge on any atom is -0.478 e. The van der Waals surface area contributed by atoms with E-state index in [1.54, 1.807) is 26.0 Å².